The molecule has 1 aromatic carbocycles. The van der Waals surface area contributed by atoms with Crippen molar-refractivity contribution in [3.8, 4) is 0 Å². The van der Waals surface area contributed by atoms with Gasteiger partial charge in [0.25, 0.3) is 0 Å². The first-order valence-electron chi connectivity index (χ1n) is 5.47. The summed E-state index contributed by atoms with van der Waals surface area (Å²) in [6.07, 6.45) is 1.78. The van der Waals surface area contributed by atoms with Crippen LogP contribution in [-0.2, 0) is 5.75 Å². The van der Waals surface area contributed by atoms with Crippen LogP contribution < -0.4 is 0 Å². The summed E-state index contributed by atoms with van der Waals surface area (Å²) >= 11 is 1.79. The average Bonchev–Trinajstić information content (AvgIpc) is 2.76. The molecule has 0 bridgehead atoms. The molecule has 0 unspecified atom stereocenters. The quantitative estimate of drug-likeness (QED) is 0.812. The van der Waals surface area contributed by atoms with E-state index in [1.54, 1.807) is 18.1 Å². The van der Waals surface area contributed by atoms with E-state index in [4.69, 9.17) is 0 Å². The third-order valence-corrected chi connectivity index (χ3v) is 3.50. The number of H-pyrrole nitrogens is 1. The van der Waals surface area contributed by atoms with Gasteiger partial charge in [-0.15, -0.1) is 0 Å². The number of nitrogens with zero attached hydrogens (tertiary/aromatic N) is 1. The van der Waals surface area contributed by atoms with E-state index in [1.165, 1.54) is 11.3 Å². The zero-order valence-electron chi connectivity index (χ0n) is 9.60. The predicted molar refractivity (Wildman–Crippen MR) is 68.7 cm³/mol. The molecule has 0 saturated carbocycles. The van der Waals surface area contributed by atoms with Crippen LogP contribution in [-0.4, -0.2) is 9.97 Å². The smallest absolute Gasteiger partial charge is 0.118 e. The van der Waals surface area contributed by atoms with E-state index < -0.39 is 0 Å². The molecule has 84 valence electrons. The molecule has 2 nitrogen and oxygen atoms in total. The summed E-state index contributed by atoms with van der Waals surface area (Å²) in [5, 5.41) is 1.12. The van der Waals surface area contributed by atoms with E-state index in [0.29, 0.717) is 5.92 Å². The highest BCUT2D eigenvalue weighted by atomic mass is 32.2. The summed E-state index contributed by atoms with van der Waals surface area (Å²) in [4.78, 5) is 7.57. The largest absolute Gasteiger partial charge is 0.347 e. The first-order chi connectivity index (χ1) is 7.77. The molecule has 0 spiro atoms. The molecule has 1 aromatic heterocycles. The van der Waals surface area contributed by atoms with Crippen LogP contribution >= 0.6 is 11.8 Å². The van der Waals surface area contributed by atoms with Gasteiger partial charge in [0.2, 0.25) is 0 Å². The van der Waals surface area contributed by atoms with E-state index in [2.05, 4.69) is 48.1 Å². The first-order valence-corrected chi connectivity index (χ1v) is 6.46. The van der Waals surface area contributed by atoms with Crippen molar-refractivity contribution in [2.24, 2.45) is 0 Å². The molecular formula is C13H16N2S. The fourth-order valence-electron chi connectivity index (χ4n) is 1.55. The number of aromatic amines is 1. The van der Waals surface area contributed by atoms with E-state index in [-0.39, 0.29) is 0 Å². The standard InChI is InChI=1S/C13H16N2S/c1-10(2)12-13(15-9-14-12)16-8-11-6-4-3-5-7-11/h3-7,9-10H,8H2,1-2H3,(H,14,15). The Balaban J connectivity index is 2.02. The van der Waals surface area contributed by atoms with Crippen LogP contribution in [0.1, 0.15) is 31.0 Å². The molecule has 2 rings (SSSR count). The van der Waals surface area contributed by atoms with E-state index in [0.717, 1.165) is 10.8 Å². The summed E-state index contributed by atoms with van der Waals surface area (Å²) < 4.78 is 0. The zero-order valence-corrected chi connectivity index (χ0v) is 10.4. The fraction of sp³-hybridized carbons (Fsp3) is 0.308. The lowest BCUT2D eigenvalue weighted by molar-refractivity contribution is 0.805. The molecule has 0 amide bonds. The van der Waals surface area contributed by atoms with Gasteiger partial charge in [0.15, 0.2) is 0 Å². The van der Waals surface area contributed by atoms with Crippen LogP contribution in [0.5, 0.6) is 0 Å². The maximum atomic E-state index is 4.36. The van der Waals surface area contributed by atoms with Gasteiger partial charge in [-0.25, -0.2) is 4.98 Å². The van der Waals surface area contributed by atoms with Crippen molar-refractivity contribution < 1.29 is 0 Å². The molecule has 0 atom stereocenters. The third-order valence-electron chi connectivity index (χ3n) is 2.43. The monoisotopic (exact) mass is 232 g/mol. The minimum Gasteiger partial charge on any atom is -0.347 e. The highest BCUT2D eigenvalue weighted by molar-refractivity contribution is 7.98. The summed E-state index contributed by atoms with van der Waals surface area (Å²) in [6.45, 7) is 4.36. The molecule has 3 heteroatoms. The minimum absolute atomic E-state index is 0.501. The molecule has 16 heavy (non-hydrogen) atoms. The Kier molecular flexibility index (Phi) is 3.67. The number of aromatic nitrogens is 2. The molecule has 0 radical (unpaired) electrons. The van der Waals surface area contributed by atoms with Crippen molar-refractivity contribution in [1.82, 2.24) is 9.97 Å². The van der Waals surface area contributed by atoms with Gasteiger partial charge >= 0.3 is 0 Å². The summed E-state index contributed by atoms with van der Waals surface area (Å²) in [5.74, 6) is 1.48. The van der Waals surface area contributed by atoms with Crippen LogP contribution in [0.4, 0.5) is 0 Å². The lowest BCUT2D eigenvalue weighted by Crippen LogP contribution is -1.90. The molecule has 1 N–H and O–H groups in total. The van der Waals surface area contributed by atoms with Crippen molar-refractivity contribution in [1.29, 1.82) is 0 Å². The van der Waals surface area contributed by atoms with Crippen molar-refractivity contribution in [3.05, 3.63) is 47.9 Å². The molecule has 1 heterocycles. The maximum absolute atomic E-state index is 4.36. The Bertz CT molecular complexity index is 434. The van der Waals surface area contributed by atoms with Crippen molar-refractivity contribution in [3.63, 3.8) is 0 Å². The van der Waals surface area contributed by atoms with E-state index >= 15 is 0 Å². The molecule has 0 fully saturated rings. The topological polar surface area (TPSA) is 28.7 Å². The normalized spacial score (nSPS) is 10.9. The van der Waals surface area contributed by atoms with Gasteiger partial charge in [0.05, 0.1) is 12.0 Å². The van der Waals surface area contributed by atoms with E-state index in [9.17, 15) is 0 Å². The number of benzene rings is 1. The summed E-state index contributed by atoms with van der Waals surface area (Å²) in [6, 6.07) is 10.5. The summed E-state index contributed by atoms with van der Waals surface area (Å²) in [5.41, 5.74) is 2.58. The highest BCUT2D eigenvalue weighted by Crippen LogP contribution is 2.27. The Morgan fingerprint density at radius 3 is 2.69 bits per heavy atom. The van der Waals surface area contributed by atoms with Crippen molar-refractivity contribution >= 4 is 11.8 Å². The molecular weight excluding hydrogens is 216 g/mol. The minimum atomic E-state index is 0.501. The molecule has 0 aliphatic rings. The lowest BCUT2D eigenvalue weighted by atomic mass is 10.2. The van der Waals surface area contributed by atoms with Crippen molar-refractivity contribution in [2.75, 3.05) is 0 Å². The van der Waals surface area contributed by atoms with Crippen molar-refractivity contribution in [2.45, 2.75) is 30.5 Å². The lowest BCUT2D eigenvalue weighted by Gasteiger charge is -2.05. The van der Waals surface area contributed by atoms with Gasteiger partial charge in [-0.05, 0) is 11.5 Å². The van der Waals surface area contributed by atoms with Crippen LogP contribution in [0.3, 0.4) is 0 Å². The van der Waals surface area contributed by atoms with Gasteiger partial charge in [-0.2, -0.15) is 0 Å². The molecule has 0 aliphatic carbocycles. The SMILES string of the molecule is CC(C)c1[nH]cnc1SCc1ccccc1. The average molecular weight is 232 g/mol. The number of hydrogen-bond acceptors (Lipinski definition) is 2. The van der Waals surface area contributed by atoms with Gasteiger partial charge < -0.3 is 4.98 Å². The van der Waals surface area contributed by atoms with E-state index in [1.807, 2.05) is 6.07 Å². The Hall–Kier alpha value is -1.22. The number of hydrogen-bond donors (Lipinski definition) is 1. The van der Waals surface area contributed by atoms with Crippen LogP contribution in [0.25, 0.3) is 0 Å². The predicted octanol–water partition coefficient (Wildman–Crippen LogP) is 3.83. The molecule has 0 saturated heterocycles. The second kappa shape index (κ2) is 5.21. The second-order valence-electron chi connectivity index (χ2n) is 4.05. The zero-order chi connectivity index (χ0) is 11.4. The van der Waals surface area contributed by atoms with Gasteiger partial charge in [0, 0.05) is 5.75 Å². The highest BCUT2D eigenvalue weighted by Gasteiger charge is 2.09. The number of imidazole rings is 1. The van der Waals surface area contributed by atoms with Crippen LogP contribution in [0.15, 0.2) is 41.7 Å². The fourth-order valence-corrected chi connectivity index (χ4v) is 2.62. The summed E-state index contributed by atoms with van der Waals surface area (Å²) in [7, 11) is 0. The van der Waals surface area contributed by atoms with Gasteiger partial charge in [0.1, 0.15) is 5.03 Å². The van der Waals surface area contributed by atoms with Gasteiger partial charge in [-0.3, -0.25) is 0 Å². The maximum Gasteiger partial charge on any atom is 0.118 e. The number of nitrogens with one attached hydrogen (secondary N) is 1. The third kappa shape index (κ3) is 2.67. The Morgan fingerprint density at radius 2 is 2.00 bits per heavy atom. The van der Waals surface area contributed by atoms with Crippen LogP contribution in [0.2, 0.25) is 0 Å². The Morgan fingerprint density at radius 1 is 1.25 bits per heavy atom. The van der Waals surface area contributed by atoms with Gasteiger partial charge in [-0.1, -0.05) is 55.9 Å². The Labute approximate surface area is 101 Å². The number of thioether (sulfide) groups is 1. The second-order valence-corrected chi connectivity index (χ2v) is 5.01. The first kappa shape index (κ1) is 11.3. The van der Waals surface area contributed by atoms with Crippen LogP contribution in [0, 0.1) is 0 Å². The molecule has 0 aliphatic heterocycles. The molecule has 2 aromatic rings. The number of rotatable bonds is 4.